The van der Waals surface area contributed by atoms with Gasteiger partial charge in [-0.3, -0.25) is 0 Å². The molecule has 0 aliphatic rings. The zero-order valence-corrected chi connectivity index (χ0v) is 10.5. The lowest BCUT2D eigenvalue weighted by Gasteiger charge is -2.09. The largest absolute Gasteiger partial charge is 0.327 e. The second-order valence-electron chi connectivity index (χ2n) is 4.14. The molecule has 1 unspecified atom stereocenters. The van der Waals surface area contributed by atoms with Crippen LogP contribution < -0.4 is 5.73 Å². The second-order valence-corrected chi connectivity index (χ2v) is 5.46. The van der Waals surface area contributed by atoms with Gasteiger partial charge in [-0.25, -0.2) is 9.37 Å². The molecule has 4 heteroatoms. The molecule has 1 atom stereocenters. The van der Waals surface area contributed by atoms with Crippen molar-refractivity contribution >= 4 is 11.3 Å². The number of nitrogens with zero attached hydrogens (tertiary/aromatic N) is 1. The van der Waals surface area contributed by atoms with Crippen molar-refractivity contribution in [1.82, 2.24) is 4.98 Å². The Hall–Kier alpha value is -1.26. The number of benzene rings is 1. The zero-order chi connectivity index (χ0) is 12.3. The first-order valence-corrected chi connectivity index (χ1v) is 6.36. The van der Waals surface area contributed by atoms with Crippen molar-refractivity contribution < 1.29 is 4.39 Å². The summed E-state index contributed by atoms with van der Waals surface area (Å²) in [5.74, 6) is -0.208. The van der Waals surface area contributed by atoms with Crippen LogP contribution in [-0.2, 0) is 12.8 Å². The summed E-state index contributed by atoms with van der Waals surface area (Å²) in [6.07, 6.45) is 3.46. The quantitative estimate of drug-likeness (QED) is 0.906. The molecule has 0 bridgehead atoms. The van der Waals surface area contributed by atoms with Crippen molar-refractivity contribution in [1.29, 1.82) is 0 Å². The lowest BCUT2D eigenvalue weighted by molar-refractivity contribution is 0.624. The highest BCUT2D eigenvalue weighted by Gasteiger charge is 2.07. The van der Waals surface area contributed by atoms with Crippen molar-refractivity contribution in [2.24, 2.45) is 5.73 Å². The number of rotatable bonds is 4. The molecule has 90 valence electrons. The number of halogens is 1. The molecule has 1 heterocycles. The molecule has 0 radical (unpaired) electrons. The number of aromatic nitrogens is 1. The molecule has 0 amide bonds. The van der Waals surface area contributed by atoms with E-state index in [1.807, 2.05) is 13.1 Å². The van der Waals surface area contributed by atoms with Crippen LogP contribution in [0.2, 0.25) is 0 Å². The van der Waals surface area contributed by atoms with E-state index >= 15 is 0 Å². The molecule has 2 N–H and O–H groups in total. The van der Waals surface area contributed by atoms with Gasteiger partial charge in [-0.1, -0.05) is 12.1 Å². The summed E-state index contributed by atoms with van der Waals surface area (Å²) in [5, 5.41) is 1.06. The Morgan fingerprint density at radius 1 is 1.29 bits per heavy atom. The van der Waals surface area contributed by atoms with E-state index in [1.54, 1.807) is 23.5 Å². The Balaban J connectivity index is 1.93. The Morgan fingerprint density at radius 2 is 2.00 bits per heavy atom. The number of nitrogens with two attached hydrogens (primary N) is 1. The fourth-order valence-corrected chi connectivity index (χ4v) is 2.64. The van der Waals surface area contributed by atoms with E-state index in [0.717, 1.165) is 23.4 Å². The minimum atomic E-state index is -0.208. The number of hydrogen-bond donors (Lipinski definition) is 1. The molecule has 2 nitrogen and oxygen atoms in total. The smallest absolute Gasteiger partial charge is 0.123 e. The van der Waals surface area contributed by atoms with E-state index in [0.29, 0.717) is 0 Å². The van der Waals surface area contributed by atoms with Crippen LogP contribution in [0.1, 0.15) is 15.4 Å². The van der Waals surface area contributed by atoms with E-state index in [1.165, 1.54) is 17.0 Å². The van der Waals surface area contributed by atoms with Gasteiger partial charge >= 0.3 is 0 Å². The summed E-state index contributed by atoms with van der Waals surface area (Å²) in [5.41, 5.74) is 7.14. The molecule has 0 saturated carbocycles. The first-order chi connectivity index (χ1) is 8.13. The van der Waals surface area contributed by atoms with Gasteiger partial charge in [-0.2, -0.15) is 0 Å². The molecule has 17 heavy (non-hydrogen) atoms. The van der Waals surface area contributed by atoms with Crippen LogP contribution in [0.3, 0.4) is 0 Å². The van der Waals surface area contributed by atoms with Gasteiger partial charge in [0.2, 0.25) is 0 Å². The SMILES string of the molecule is Cc1ncc(CC(N)Cc2ccc(F)cc2)s1. The highest BCUT2D eigenvalue weighted by Crippen LogP contribution is 2.15. The van der Waals surface area contributed by atoms with E-state index in [4.69, 9.17) is 5.73 Å². The average Bonchev–Trinajstić information content (AvgIpc) is 2.67. The molecule has 2 rings (SSSR count). The molecule has 0 aliphatic carbocycles. The van der Waals surface area contributed by atoms with Gasteiger partial charge in [-0.15, -0.1) is 11.3 Å². The van der Waals surface area contributed by atoms with Gasteiger partial charge in [0, 0.05) is 17.1 Å². The van der Waals surface area contributed by atoms with E-state index in [-0.39, 0.29) is 11.9 Å². The van der Waals surface area contributed by atoms with Crippen LogP contribution in [0.25, 0.3) is 0 Å². The van der Waals surface area contributed by atoms with Gasteiger partial charge < -0.3 is 5.73 Å². The summed E-state index contributed by atoms with van der Waals surface area (Å²) in [4.78, 5) is 5.41. The van der Waals surface area contributed by atoms with Crippen LogP contribution in [0.5, 0.6) is 0 Å². The summed E-state index contributed by atoms with van der Waals surface area (Å²) in [6, 6.07) is 6.57. The highest BCUT2D eigenvalue weighted by molar-refractivity contribution is 7.11. The minimum Gasteiger partial charge on any atom is -0.327 e. The predicted octanol–water partition coefficient (Wildman–Crippen LogP) is 2.70. The highest BCUT2D eigenvalue weighted by atomic mass is 32.1. The topological polar surface area (TPSA) is 38.9 Å². The summed E-state index contributed by atoms with van der Waals surface area (Å²) in [6.45, 7) is 1.99. The average molecular weight is 250 g/mol. The van der Waals surface area contributed by atoms with Crippen LogP contribution in [-0.4, -0.2) is 11.0 Å². The van der Waals surface area contributed by atoms with Crippen molar-refractivity contribution in [3.63, 3.8) is 0 Å². The fourth-order valence-electron chi connectivity index (χ4n) is 1.75. The monoisotopic (exact) mass is 250 g/mol. The Bertz CT molecular complexity index is 478. The molecule has 1 aromatic heterocycles. The molecule has 0 spiro atoms. The third-order valence-corrected chi connectivity index (χ3v) is 3.48. The molecule has 0 aliphatic heterocycles. The van der Waals surface area contributed by atoms with Gasteiger partial charge in [0.05, 0.1) is 5.01 Å². The summed E-state index contributed by atoms with van der Waals surface area (Å²) >= 11 is 1.68. The summed E-state index contributed by atoms with van der Waals surface area (Å²) in [7, 11) is 0. The normalized spacial score (nSPS) is 12.6. The Kier molecular flexibility index (Phi) is 3.86. The number of hydrogen-bond acceptors (Lipinski definition) is 3. The van der Waals surface area contributed by atoms with Crippen LogP contribution in [0.4, 0.5) is 4.39 Å². The number of aryl methyl sites for hydroxylation is 1. The maximum atomic E-state index is 12.7. The van der Waals surface area contributed by atoms with Gasteiger partial charge in [0.1, 0.15) is 5.82 Å². The van der Waals surface area contributed by atoms with Crippen LogP contribution in [0, 0.1) is 12.7 Å². The standard InChI is InChI=1S/C13H15FN2S/c1-9-16-8-13(17-9)7-12(15)6-10-2-4-11(14)5-3-10/h2-5,8,12H,6-7,15H2,1H3. The van der Waals surface area contributed by atoms with Crippen molar-refractivity contribution in [2.75, 3.05) is 0 Å². The fraction of sp³-hybridized carbons (Fsp3) is 0.308. The first-order valence-electron chi connectivity index (χ1n) is 5.55. The van der Waals surface area contributed by atoms with Gasteiger partial charge in [0.15, 0.2) is 0 Å². The molecular formula is C13H15FN2S. The minimum absolute atomic E-state index is 0.0558. The molecule has 1 aromatic carbocycles. The van der Waals surface area contributed by atoms with Gasteiger partial charge in [0.25, 0.3) is 0 Å². The van der Waals surface area contributed by atoms with Crippen LogP contribution in [0.15, 0.2) is 30.5 Å². The molecule has 2 aromatic rings. The molecule has 0 saturated heterocycles. The van der Waals surface area contributed by atoms with Gasteiger partial charge in [-0.05, 0) is 37.5 Å². The van der Waals surface area contributed by atoms with Crippen molar-refractivity contribution in [3.05, 3.63) is 51.7 Å². The third-order valence-electron chi connectivity index (χ3n) is 2.54. The zero-order valence-electron chi connectivity index (χ0n) is 9.69. The lowest BCUT2D eigenvalue weighted by Crippen LogP contribution is -2.25. The van der Waals surface area contributed by atoms with E-state index in [9.17, 15) is 4.39 Å². The first kappa shape index (κ1) is 12.2. The Morgan fingerprint density at radius 3 is 2.59 bits per heavy atom. The van der Waals surface area contributed by atoms with E-state index in [2.05, 4.69) is 4.98 Å². The van der Waals surface area contributed by atoms with Crippen LogP contribution >= 0.6 is 11.3 Å². The third kappa shape index (κ3) is 3.61. The molecule has 0 fully saturated rings. The predicted molar refractivity (Wildman–Crippen MR) is 68.6 cm³/mol. The van der Waals surface area contributed by atoms with Crippen molar-refractivity contribution in [3.8, 4) is 0 Å². The maximum Gasteiger partial charge on any atom is 0.123 e. The maximum absolute atomic E-state index is 12.7. The second kappa shape index (κ2) is 5.38. The molecular weight excluding hydrogens is 235 g/mol. The van der Waals surface area contributed by atoms with E-state index < -0.39 is 0 Å². The van der Waals surface area contributed by atoms with Crippen molar-refractivity contribution in [2.45, 2.75) is 25.8 Å². The lowest BCUT2D eigenvalue weighted by atomic mass is 10.0. The summed E-state index contributed by atoms with van der Waals surface area (Å²) < 4.78 is 12.7. The number of thiazole rings is 1. The Labute approximate surface area is 104 Å².